The number of nitrogens with zero attached hydrogens (tertiary/aromatic N) is 1. The highest BCUT2D eigenvalue weighted by molar-refractivity contribution is 7.98. The lowest BCUT2D eigenvalue weighted by atomic mass is 10.2. The predicted molar refractivity (Wildman–Crippen MR) is 109 cm³/mol. The summed E-state index contributed by atoms with van der Waals surface area (Å²) in [6.45, 7) is 0. The predicted octanol–water partition coefficient (Wildman–Crippen LogP) is 5.68. The van der Waals surface area contributed by atoms with Gasteiger partial charge in [0, 0.05) is 27.9 Å². The lowest BCUT2D eigenvalue weighted by Crippen LogP contribution is -2.08. The van der Waals surface area contributed by atoms with Crippen molar-refractivity contribution < 1.29 is 4.79 Å². The lowest BCUT2D eigenvalue weighted by Gasteiger charge is -2.09. The second-order valence-corrected chi connectivity index (χ2v) is 6.87. The number of nitrogens with one attached hydrogen (secondary N) is 1. The Labute approximate surface area is 162 Å². The summed E-state index contributed by atoms with van der Waals surface area (Å²) in [4.78, 5) is 17.6. The molecule has 0 unspecified atom stereocenters. The molecule has 1 aromatic heterocycles. The second kappa shape index (κ2) is 9.22. The molecule has 0 saturated heterocycles. The number of carbonyl (C=O) groups is 1. The van der Waals surface area contributed by atoms with Crippen molar-refractivity contribution >= 4 is 41.0 Å². The number of anilines is 1. The molecule has 0 bridgehead atoms. The van der Waals surface area contributed by atoms with E-state index >= 15 is 0 Å². The normalized spacial score (nSPS) is 10.8. The number of aromatic nitrogens is 1. The van der Waals surface area contributed by atoms with Crippen LogP contribution < -0.4 is 5.32 Å². The molecule has 3 aromatic rings. The van der Waals surface area contributed by atoms with E-state index in [1.807, 2.05) is 60.7 Å². The van der Waals surface area contributed by atoms with Crippen molar-refractivity contribution in [1.29, 1.82) is 0 Å². The monoisotopic (exact) mass is 380 g/mol. The number of thioether (sulfide) groups is 1. The molecule has 0 aliphatic rings. The third-order valence-corrected chi connectivity index (χ3v) is 5.02. The molecule has 3 rings (SSSR count). The third kappa shape index (κ3) is 5.22. The first-order valence-corrected chi connectivity index (χ1v) is 9.44. The van der Waals surface area contributed by atoms with Gasteiger partial charge in [-0.1, -0.05) is 48.0 Å². The van der Waals surface area contributed by atoms with E-state index in [1.165, 1.54) is 6.08 Å². The molecule has 3 nitrogen and oxygen atoms in total. The number of amides is 1. The van der Waals surface area contributed by atoms with Gasteiger partial charge in [-0.3, -0.25) is 9.78 Å². The van der Waals surface area contributed by atoms with Crippen LogP contribution in [0.5, 0.6) is 0 Å². The molecular formula is C21H17ClN2OS. The maximum atomic E-state index is 12.3. The summed E-state index contributed by atoms with van der Waals surface area (Å²) in [5, 5.41) is 3.54. The van der Waals surface area contributed by atoms with Gasteiger partial charge in [-0.25, -0.2) is 0 Å². The molecule has 1 N–H and O–H groups in total. The minimum atomic E-state index is -0.198. The van der Waals surface area contributed by atoms with E-state index in [0.717, 1.165) is 27.6 Å². The van der Waals surface area contributed by atoms with Crippen molar-refractivity contribution in [2.75, 3.05) is 5.32 Å². The van der Waals surface area contributed by atoms with E-state index in [1.54, 1.807) is 30.1 Å². The van der Waals surface area contributed by atoms with Crippen LogP contribution >= 0.6 is 23.4 Å². The van der Waals surface area contributed by atoms with Crippen molar-refractivity contribution in [3.63, 3.8) is 0 Å². The van der Waals surface area contributed by atoms with Gasteiger partial charge in [0.05, 0.1) is 11.4 Å². The molecule has 0 aliphatic carbocycles. The van der Waals surface area contributed by atoms with Gasteiger partial charge < -0.3 is 5.32 Å². The van der Waals surface area contributed by atoms with Gasteiger partial charge in [0.1, 0.15) is 0 Å². The van der Waals surface area contributed by atoms with E-state index in [2.05, 4.69) is 10.3 Å². The van der Waals surface area contributed by atoms with Crippen molar-refractivity contribution in [1.82, 2.24) is 4.98 Å². The lowest BCUT2D eigenvalue weighted by molar-refractivity contribution is -0.111. The van der Waals surface area contributed by atoms with Crippen LogP contribution in [0.2, 0.25) is 5.02 Å². The Bertz CT molecular complexity index is 913. The smallest absolute Gasteiger partial charge is 0.248 e. The molecule has 0 radical (unpaired) electrons. The Morgan fingerprint density at radius 1 is 1.04 bits per heavy atom. The van der Waals surface area contributed by atoms with Crippen LogP contribution in [0.1, 0.15) is 11.3 Å². The SMILES string of the molecule is O=C(/C=C/c1ccccc1Cl)Nc1ccccc1SCc1ccccn1. The third-order valence-electron chi connectivity index (χ3n) is 3.57. The fourth-order valence-electron chi connectivity index (χ4n) is 2.28. The maximum absolute atomic E-state index is 12.3. The second-order valence-electron chi connectivity index (χ2n) is 5.45. The Kier molecular flexibility index (Phi) is 6.47. The molecule has 0 aliphatic heterocycles. The number of pyridine rings is 1. The van der Waals surface area contributed by atoms with E-state index in [-0.39, 0.29) is 5.91 Å². The van der Waals surface area contributed by atoms with Gasteiger partial charge in [0.25, 0.3) is 0 Å². The number of para-hydroxylation sites is 1. The topological polar surface area (TPSA) is 42.0 Å². The zero-order valence-electron chi connectivity index (χ0n) is 13.9. The van der Waals surface area contributed by atoms with Gasteiger partial charge in [-0.2, -0.15) is 0 Å². The standard InChI is InChI=1S/C21H17ClN2OS/c22-18-9-2-1-7-16(18)12-13-21(25)24-19-10-3-4-11-20(19)26-15-17-8-5-6-14-23-17/h1-14H,15H2,(H,24,25)/b13-12+. The molecule has 1 amide bonds. The first-order valence-electron chi connectivity index (χ1n) is 8.08. The summed E-state index contributed by atoms with van der Waals surface area (Å²) in [5.41, 5.74) is 2.58. The number of carbonyl (C=O) groups excluding carboxylic acids is 1. The van der Waals surface area contributed by atoms with E-state index in [9.17, 15) is 4.79 Å². The highest BCUT2D eigenvalue weighted by Crippen LogP contribution is 2.29. The number of halogens is 1. The highest BCUT2D eigenvalue weighted by Gasteiger charge is 2.06. The van der Waals surface area contributed by atoms with Crippen molar-refractivity contribution in [2.24, 2.45) is 0 Å². The molecule has 26 heavy (non-hydrogen) atoms. The van der Waals surface area contributed by atoms with Crippen molar-refractivity contribution in [3.05, 3.63) is 95.3 Å². The molecule has 0 saturated carbocycles. The average Bonchev–Trinajstić information content (AvgIpc) is 2.67. The number of benzene rings is 2. The quantitative estimate of drug-likeness (QED) is 0.442. The number of hydrogen-bond acceptors (Lipinski definition) is 3. The summed E-state index contributed by atoms with van der Waals surface area (Å²) >= 11 is 7.74. The molecule has 2 aromatic carbocycles. The van der Waals surface area contributed by atoms with Gasteiger partial charge >= 0.3 is 0 Å². The summed E-state index contributed by atoms with van der Waals surface area (Å²) in [7, 11) is 0. The average molecular weight is 381 g/mol. The van der Waals surface area contributed by atoms with Crippen molar-refractivity contribution in [3.8, 4) is 0 Å². The van der Waals surface area contributed by atoms with Crippen LogP contribution in [0.25, 0.3) is 6.08 Å². The van der Waals surface area contributed by atoms with Crippen LogP contribution in [-0.2, 0) is 10.5 Å². The largest absolute Gasteiger partial charge is 0.321 e. The summed E-state index contributed by atoms with van der Waals surface area (Å²) in [6.07, 6.45) is 4.98. The molecule has 0 atom stereocenters. The van der Waals surface area contributed by atoms with Crippen LogP contribution in [-0.4, -0.2) is 10.9 Å². The minimum Gasteiger partial charge on any atom is -0.321 e. The Hall–Kier alpha value is -2.56. The Morgan fingerprint density at radius 3 is 2.62 bits per heavy atom. The first kappa shape index (κ1) is 18.2. The summed E-state index contributed by atoms with van der Waals surface area (Å²) < 4.78 is 0. The highest BCUT2D eigenvalue weighted by atomic mass is 35.5. The van der Waals surface area contributed by atoms with E-state index in [4.69, 9.17) is 11.6 Å². The Morgan fingerprint density at radius 2 is 1.81 bits per heavy atom. The molecule has 130 valence electrons. The number of rotatable bonds is 6. The maximum Gasteiger partial charge on any atom is 0.248 e. The van der Waals surface area contributed by atoms with Crippen LogP contribution in [0.3, 0.4) is 0 Å². The van der Waals surface area contributed by atoms with Gasteiger partial charge in [0.15, 0.2) is 0 Å². The van der Waals surface area contributed by atoms with E-state index < -0.39 is 0 Å². The molecular weight excluding hydrogens is 364 g/mol. The fourth-order valence-corrected chi connectivity index (χ4v) is 3.40. The Balaban J connectivity index is 1.66. The zero-order valence-corrected chi connectivity index (χ0v) is 15.5. The summed E-state index contributed by atoms with van der Waals surface area (Å²) in [6, 6.07) is 21.0. The molecule has 1 heterocycles. The number of hydrogen-bond donors (Lipinski definition) is 1. The first-order chi connectivity index (χ1) is 12.7. The van der Waals surface area contributed by atoms with Gasteiger partial charge in [-0.15, -0.1) is 11.8 Å². The van der Waals surface area contributed by atoms with Gasteiger partial charge in [-0.05, 0) is 42.0 Å². The molecule has 0 fully saturated rings. The summed E-state index contributed by atoms with van der Waals surface area (Å²) in [5.74, 6) is 0.541. The van der Waals surface area contributed by atoms with Crippen LogP contribution in [0.4, 0.5) is 5.69 Å². The van der Waals surface area contributed by atoms with E-state index in [0.29, 0.717) is 5.02 Å². The molecule has 0 spiro atoms. The minimum absolute atomic E-state index is 0.198. The molecule has 5 heteroatoms. The van der Waals surface area contributed by atoms with Crippen LogP contribution in [0.15, 0.2) is 83.9 Å². The van der Waals surface area contributed by atoms with Crippen LogP contribution in [0, 0.1) is 0 Å². The fraction of sp³-hybridized carbons (Fsp3) is 0.0476. The van der Waals surface area contributed by atoms with Crippen molar-refractivity contribution in [2.45, 2.75) is 10.6 Å². The van der Waals surface area contributed by atoms with Gasteiger partial charge in [0.2, 0.25) is 5.91 Å². The zero-order chi connectivity index (χ0) is 18.2.